The number of ether oxygens (including phenoxy) is 1. The second-order valence-corrected chi connectivity index (χ2v) is 4.02. The monoisotopic (exact) mass is 242 g/mol. The molecule has 7 heteroatoms. The van der Waals surface area contributed by atoms with Gasteiger partial charge >= 0.3 is 5.97 Å². The molecule has 1 aromatic heterocycles. The number of aromatic nitrogens is 1. The molecule has 0 unspecified atom stereocenters. The third-order valence-corrected chi connectivity index (χ3v) is 2.85. The zero-order chi connectivity index (χ0) is 12.3. The van der Waals surface area contributed by atoms with E-state index in [2.05, 4.69) is 10.3 Å². The maximum atomic E-state index is 10.6. The van der Waals surface area contributed by atoms with Crippen LogP contribution >= 0.6 is 0 Å². The summed E-state index contributed by atoms with van der Waals surface area (Å²) < 4.78 is 10.2. The summed E-state index contributed by atoms with van der Waals surface area (Å²) in [7, 11) is 0. The van der Waals surface area contributed by atoms with Gasteiger partial charge < -0.3 is 24.7 Å². The lowest BCUT2D eigenvalue weighted by molar-refractivity contribution is 0.0370. The number of carboxylic acid groups (broad SMARTS) is 1. The molecule has 1 aromatic rings. The first-order valence-corrected chi connectivity index (χ1v) is 5.31. The number of nitrogens with one attached hydrogen (secondary N) is 1. The Morgan fingerprint density at radius 1 is 1.53 bits per heavy atom. The Morgan fingerprint density at radius 3 is 2.76 bits per heavy atom. The van der Waals surface area contributed by atoms with Crippen molar-refractivity contribution >= 4 is 12.0 Å². The Balaban J connectivity index is 2.09. The highest BCUT2D eigenvalue weighted by Crippen LogP contribution is 2.25. The summed E-state index contributed by atoms with van der Waals surface area (Å²) in [6.07, 6.45) is 2.30. The topological polar surface area (TPSA) is 105 Å². The SMILES string of the molecule is O=C(O)c1coc(NC2(CO)CCOCC2)n1. The van der Waals surface area contributed by atoms with Crippen LogP contribution in [0.3, 0.4) is 0 Å². The maximum Gasteiger partial charge on any atom is 0.357 e. The Bertz CT molecular complexity index is 397. The number of carboxylic acids is 1. The molecular formula is C10H14N2O5. The normalized spacial score (nSPS) is 18.9. The van der Waals surface area contributed by atoms with Gasteiger partial charge in [0, 0.05) is 13.2 Å². The van der Waals surface area contributed by atoms with Crippen molar-refractivity contribution in [2.75, 3.05) is 25.1 Å². The quantitative estimate of drug-likeness (QED) is 0.698. The van der Waals surface area contributed by atoms with Gasteiger partial charge in [0.1, 0.15) is 6.26 Å². The third-order valence-electron chi connectivity index (χ3n) is 2.85. The van der Waals surface area contributed by atoms with E-state index in [-0.39, 0.29) is 18.3 Å². The molecule has 3 N–H and O–H groups in total. The molecular weight excluding hydrogens is 228 g/mol. The second-order valence-electron chi connectivity index (χ2n) is 4.02. The van der Waals surface area contributed by atoms with Crippen LogP contribution < -0.4 is 5.32 Å². The minimum absolute atomic E-state index is 0.0822. The number of hydrogen-bond acceptors (Lipinski definition) is 6. The van der Waals surface area contributed by atoms with Crippen LogP contribution in [0, 0.1) is 0 Å². The smallest absolute Gasteiger partial charge is 0.357 e. The fourth-order valence-electron chi connectivity index (χ4n) is 1.74. The van der Waals surface area contributed by atoms with Crippen LogP contribution in [0.1, 0.15) is 23.3 Å². The molecule has 1 aliphatic rings. The zero-order valence-electron chi connectivity index (χ0n) is 9.18. The molecule has 0 radical (unpaired) electrons. The number of aliphatic hydroxyl groups is 1. The van der Waals surface area contributed by atoms with Crippen molar-refractivity contribution in [1.29, 1.82) is 0 Å². The van der Waals surface area contributed by atoms with Crippen LogP contribution in [0.4, 0.5) is 6.01 Å². The highest BCUT2D eigenvalue weighted by atomic mass is 16.5. The molecule has 1 fully saturated rings. The van der Waals surface area contributed by atoms with E-state index in [0.29, 0.717) is 26.1 Å². The van der Waals surface area contributed by atoms with E-state index in [1.165, 1.54) is 0 Å². The fourth-order valence-corrected chi connectivity index (χ4v) is 1.74. The van der Waals surface area contributed by atoms with Crippen LogP contribution in [0.5, 0.6) is 0 Å². The number of aliphatic hydroxyl groups excluding tert-OH is 1. The molecule has 0 amide bonds. The fraction of sp³-hybridized carbons (Fsp3) is 0.600. The number of anilines is 1. The summed E-state index contributed by atoms with van der Waals surface area (Å²) in [5.74, 6) is -1.15. The summed E-state index contributed by atoms with van der Waals surface area (Å²) >= 11 is 0. The van der Waals surface area contributed by atoms with Crippen molar-refractivity contribution < 1.29 is 24.2 Å². The zero-order valence-corrected chi connectivity index (χ0v) is 9.18. The molecule has 0 aromatic carbocycles. The predicted molar refractivity (Wildman–Crippen MR) is 57.0 cm³/mol. The molecule has 0 atom stereocenters. The molecule has 1 saturated heterocycles. The van der Waals surface area contributed by atoms with Crippen molar-refractivity contribution in [2.45, 2.75) is 18.4 Å². The maximum absolute atomic E-state index is 10.6. The molecule has 1 aliphatic heterocycles. The molecule has 17 heavy (non-hydrogen) atoms. The third kappa shape index (κ3) is 2.56. The average molecular weight is 242 g/mol. The van der Waals surface area contributed by atoms with E-state index in [4.69, 9.17) is 14.3 Å². The minimum atomic E-state index is -1.15. The number of rotatable bonds is 4. The van der Waals surface area contributed by atoms with E-state index in [1.54, 1.807) is 0 Å². The number of carbonyl (C=O) groups is 1. The summed E-state index contributed by atoms with van der Waals surface area (Å²) in [4.78, 5) is 14.4. The number of aromatic carboxylic acids is 1. The van der Waals surface area contributed by atoms with E-state index in [9.17, 15) is 9.90 Å². The molecule has 7 nitrogen and oxygen atoms in total. The van der Waals surface area contributed by atoms with Crippen molar-refractivity contribution in [1.82, 2.24) is 4.98 Å². The average Bonchev–Trinajstić information content (AvgIpc) is 2.79. The summed E-state index contributed by atoms with van der Waals surface area (Å²) in [6.45, 7) is 1.00. The molecule has 2 heterocycles. The van der Waals surface area contributed by atoms with E-state index < -0.39 is 11.5 Å². The molecule has 0 aliphatic carbocycles. The van der Waals surface area contributed by atoms with Crippen molar-refractivity contribution in [3.63, 3.8) is 0 Å². The van der Waals surface area contributed by atoms with Crippen LogP contribution in [0.25, 0.3) is 0 Å². The van der Waals surface area contributed by atoms with Gasteiger partial charge in [0.25, 0.3) is 6.01 Å². The Hall–Kier alpha value is -1.60. The first kappa shape index (κ1) is 11.9. The second kappa shape index (κ2) is 4.72. The van der Waals surface area contributed by atoms with Gasteiger partial charge in [-0.1, -0.05) is 0 Å². The van der Waals surface area contributed by atoms with Crippen molar-refractivity contribution in [3.8, 4) is 0 Å². The number of hydrogen-bond donors (Lipinski definition) is 3. The van der Waals surface area contributed by atoms with Crippen LogP contribution in [-0.4, -0.2) is 46.5 Å². The van der Waals surface area contributed by atoms with Gasteiger partial charge in [-0.05, 0) is 12.8 Å². The van der Waals surface area contributed by atoms with Gasteiger partial charge in [-0.3, -0.25) is 0 Å². The lowest BCUT2D eigenvalue weighted by Gasteiger charge is -2.35. The predicted octanol–water partition coefficient (Wildman–Crippen LogP) is 0.326. The van der Waals surface area contributed by atoms with Crippen LogP contribution in [0.2, 0.25) is 0 Å². The Kier molecular flexibility index (Phi) is 3.30. The van der Waals surface area contributed by atoms with E-state index in [0.717, 1.165) is 6.26 Å². The Morgan fingerprint density at radius 2 is 2.24 bits per heavy atom. The largest absolute Gasteiger partial charge is 0.476 e. The lowest BCUT2D eigenvalue weighted by atomic mass is 9.91. The molecule has 94 valence electrons. The molecule has 0 spiro atoms. The number of oxazole rings is 1. The summed E-state index contributed by atoms with van der Waals surface area (Å²) in [5.41, 5.74) is -0.702. The molecule has 0 bridgehead atoms. The van der Waals surface area contributed by atoms with Gasteiger partial charge in [-0.25, -0.2) is 4.79 Å². The molecule has 2 rings (SSSR count). The number of nitrogens with zero attached hydrogens (tertiary/aromatic N) is 1. The lowest BCUT2D eigenvalue weighted by Crippen LogP contribution is -2.47. The van der Waals surface area contributed by atoms with E-state index >= 15 is 0 Å². The van der Waals surface area contributed by atoms with E-state index in [1.807, 2.05) is 0 Å². The van der Waals surface area contributed by atoms with Crippen LogP contribution in [0.15, 0.2) is 10.7 Å². The van der Waals surface area contributed by atoms with Crippen molar-refractivity contribution in [2.24, 2.45) is 0 Å². The molecule has 0 saturated carbocycles. The summed E-state index contributed by atoms with van der Waals surface area (Å²) in [6, 6.07) is 0.110. The van der Waals surface area contributed by atoms with Gasteiger partial charge in [0.2, 0.25) is 0 Å². The first-order chi connectivity index (χ1) is 8.15. The van der Waals surface area contributed by atoms with Gasteiger partial charge in [-0.2, -0.15) is 4.98 Å². The van der Waals surface area contributed by atoms with Gasteiger partial charge in [0.15, 0.2) is 5.69 Å². The van der Waals surface area contributed by atoms with Gasteiger partial charge in [-0.15, -0.1) is 0 Å². The first-order valence-electron chi connectivity index (χ1n) is 5.31. The standard InChI is InChI=1S/C10H14N2O5/c13-6-10(1-3-16-4-2-10)12-9-11-7(5-17-9)8(14)15/h5,13H,1-4,6H2,(H,11,12)(H,14,15). The van der Waals surface area contributed by atoms with Gasteiger partial charge in [0.05, 0.1) is 12.1 Å². The van der Waals surface area contributed by atoms with Crippen molar-refractivity contribution in [3.05, 3.63) is 12.0 Å². The van der Waals surface area contributed by atoms with Crippen LogP contribution in [-0.2, 0) is 4.74 Å². The highest BCUT2D eigenvalue weighted by molar-refractivity contribution is 5.85. The highest BCUT2D eigenvalue weighted by Gasteiger charge is 2.33. The minimum Gasteiger partial charge on any atom is -0.476 e. The Labute approximate surface area is 97.4 Å². The summed E-state index contributed by atoms with van der Waals surface area (Å²) in [5, 5.41) is 21.1.